The summed E-state index contributed by atoms with van der Waals surface area (Å²) in [7, 11) is 0. The molecule has 3 aromatic rings. The van der Waals surface area contributed by atoms with Gasteiger partial charge in [0.2, 0.25) is 0 Å². The molecule has 0 aliphatic heterocycles. The van der Waals surface area contributed by atoms with Crippen molar-refractivity contribution in [2.45, 2.75) is 187 Å². The highest BCUT2D eigenvalue weighted by molar-refractivity contribution is 6.86. The molecule has 2 aliphatic carbocycles. The summed E-state index contributed by atoms with van der Waals surface area (Å²) in [6.45, 7) is 51.8. The van der Waals surface area contributed by atoms with Gasteiger partial charge in [0.05, 0.1) is 5.66 Å². The fraction of sp³-hybridized carbons (Fsp3) is 0.493. The lowest BCUT2D eigenvalue weighted by molar-refractivity contribution is 0.332. The van der Waals surface area contributed by atoms with Gasteiger partial charge in [-0.05, 0) is 206 Å². The zero-order valence-corrected chi connectivity index (χ0v) is 50.6. The molecule has 0 saturated heterocycles. The Morgan fingerprint density at radius 1 is 0.893 bits per heavy atom. The summed E-state index contributed by atoms with van der Waals surface area (Å²) in [6.07, 6.45) is 29.4. The highest BCUT2D eigenvalue weighted by Crippen LogP contribution is 2.48. The molecule has 2 aliphatic rings. The van der Waals surface area contributed by atoms with E-state index in [1.54, 1.807) is 5.57 Å². The Bertz CT molecular complexity index is 2700. The molecule has 3 nitrogen and oxygen atoms in total. The van der Waals surface area contributed by atoms with Crippen LogP contribution in [0, 0.1) is 29.1 Å². The first-order valence-corrected chi connectivity index (χ1v) is 29.1. The number of benzene rings is 2. The summed E-state index contributed by atoms with van der Waals surface area (Å²) in [4.78, 5) is 0. The van der Waals surface area contributed by atoms with E-state index < -0.39 is 0 Å². The number of furan rings is 1. The fourth-order valence-corrected chi connectivity index (χ4v) is 11.7. The quantitative estimate of drug-likeness (QED) is 0.0505. The first kappa shape index (κ1) is 60.6. The van der Waals surface area contributed by atoms with Gasteiger partial charge in [0, 0.05) is 24.2 Å². The van der Waals surface area contributed by atoms with E-state index in [4.69, 9.17) is 4.42 Å². The van der Waals surface area contributed by atoms with Crippen molar-refractivity contribution in [3.8, 4) is 0 Å². The van der Waals surface area contributed by atoms with Crippen LogP contribution in [0.25, 0.3) is 16.5 Å². The van der Waals surface area contributed by atoms with Crippen LogP contribution in [0.5, 0.6) is 0 Å². The van der Waals surface area contributed by atoms with Crippen LogP contribution in [0.2, 0.25) is 0 Å². The van der Waals surface area contributed by atoms with Gasteiger partial charge in [-0.3, -0.25) is 0 Å². The number of fused-ring (bicyclic) bond motifs is 2. The minimum Gasteiger partial charge on any atom is -0.470 e. The van der Waals surface area contributed by atoms with Gasteiger partial charge in [-0.1, -0.05) is 192 Å². The predicted octanol–water partition coefficient (Wildman–Crippen LogP) is 19.3. The third-order valence-corrected chi connectivity index (χ3v) is 17.7. The fourth-order valence-electron chi connectivity index (χ4n) is 11.7. The van der Waals surface area contributed by atoms with E-state index >= 15 is 0 Å². The lowest BCUT2D eigenvalue weighted by atomic mass is 9.36. The normalized spacial score (nSPS) is 18.8. The van der Waals surface area contributed by atoms with E-state index in [2.05, 4.69) is 252 Å². The van der Waals surface area contributed by atoms with E-state index in [1.165, 1.54) is 72.9 Å². The second-order valence-corrected chi connectivity index (χ2v) is 24.7. The molecule has 0 radical (unpaired) electrons. The third kappa shape index (κ3) is 14.6. The first-order chi connectivity index (χ1) is 35.5. The smallest absolute Gasteiger partial charge is 0.287 e. The number of hydrogen-bond donors (Lipinski definition) is 2. The second-order valence-electron chi connectivity index (χ2n) is 24.7. The summed E-state index contributed by atoms with van der Waals surface area (Å²) in [5.41, 5.74) is 20.4. The van der Waals surface area contributed by atoms with E-state index in [-0.39, 0.29) is 23.0 Å². The molecule has 1 heterocycles. The van der Waals surface area contributed by atoms with Gasteiger partial charge in [-0.15, -0.1) is 6.58 Å². The summed E-state index contributed by atoms with van der Waals surface area (Å²) < 4.78 is 7.41. The lowest BCUT2D eigenvalue weighted by Gasteiger charge is -2.41. The molecule has 0 bridgehead atoms. The molecule has 0 saturated carbocycles. The second kappa shape index (κ2) is 26.7. The van der Waals surface area contributed by atoms with Gasteiger partial charge >= 0.3 is 0 Å². The highest BCUT2D eigenvalue weighted by atomic mass is 16.3. The van der Waals surface area contributed by atoms with Gasteiger partial charge in [0.25, 0.3) is 6.71 Å². The standard InChI is InChI=1S/C71H101BN2O/c1-21-50(12)51(13)55(24-4)41-58(52(14)60(25-5)61(26-6)56-32-29-28-30-33-56)46-74-66(40-48(8)9)65(47-73-39-31-34-53(22-2)49(10)11)72(59-36-35-54(23-3)62(44-59)69(15,16)27-7)68-43-57-42-63-64(45-67(57)75-68)71(19,20)38-37-70(63,17)18/h22,25-26,28-33,36,39-45,49-50,53-54,73-74H,2,5,21,23-24,27,34-35,37-38,46-47H2,1,3-4,6-20H3/b39-31+,55-51+,58-41+,60-52+,61-26-,66-65-. The van der Waals surface area contributed by atoms with Crippen molar-refractivity contribution < 1.29 is 4.42 Å². The van der Waals surface area contributed by atoms with Crippen molar-refractivity contribution in [3.05, 3.63) is 189 Å². The number of hydrogen-bond acceptors (Lipinski definition) is 3. The van der Waals surface area contributed by atoms with Crippen LogP contribution in [-0.4, -0.2) is 19.8 Å². The molecule has 404 valence electrons. The molecule has 75 heavy (non-hydrogen) atoms. The topological polar surface area (TPSA) is 37.2 Å². The average molecular weight is 1010 g/mol. The lowest BCUT2D eigenvalue weighted by Crippen LogP contribution is -2.41. The molecular formula is C71H101BN2O. The van der Waals surface area contributed by atoms with Crippen LogP contribution in [0.3, 0.4) is 0 Å². The molecular weight excluding hydrogens is 908 g/mol. The maximum absolute atomic E-state index is 7.41. The Hall–Kier alpha value is -5.22. The zero-order valence-electron chi connectivity index (χ0n) is 50.6. The Morgan fingerprint density at radius 2 is 1.56 bits per heavy atom. The van der Waals surface area contributed by atoms with Crippen LogP contribution in [-0.2, 0) is 10.8 Å². The Morgan fingerprint density at radius 3 is 2.12 bits per heavy atom. The maximum Gasteiger partial charge on any atom is 0.287 e. The minimum absolute atomic E-state index is 0.0503. The SMILES string of the molecule is C=CC(/C(=C\C)c1ccccc1)=C(C)\C(=C\C(CC)=C(/C)C(C)CC)CN/C(C=C(C)C)=C(/CN/C=C/CC(C=C)C(C)C)B(C1=CCC(CC)C(C(C)(C)CC)=C1)c1cc2cc3c(cc2o1)C(C)(C)CCC3(C)C. The van der Waals surface area contributed by atoms with Crippen molar-refractivity contribution >= 4 is 28.9 Å². The number of nitrogens with one attached hydrogen (secondary N) is 2. The molecule has 2 aromatic carbocycles. The van der Waals surface area contributed by atoms with Crippen LogP contribution in [0.15, 0.2) is 177 Å². The van der Waals surface area contributed by atoms with Gasteiger partial charge in [0.1, 0.15) is 5.58 Å². The van der Waals surface area contributed by atoms with E-state index in [0.717, 1.165) is 67.5 Å². The van der Waals surface area contributed by atoms with Crippen LogP contribution >= 0.6 is 0 Å². The van der Waals surface area contributed by atoms with Crippen LogP contribution in [0.1, 0.15) is 193 Å². The summed E-state index contributed by atoms with van der Waals surface area (Å²) in [5.74, 6) is 1.91. The molecule has 0 amide bonds. The van der Waals surface area contributed by atoms with Crippen molar-refractivity contribution in [1.82, 2.24) is 10.6 Å². The van der Waals surface area contributed by atoms with Crippen molar-refractivity contribution in [2.75, 3.05) is 13.1 Å². The molecule has 0 spiro atoms. The number of allylic oxidation sites excluding steroid dienone is 15. The Balaban J connectivity index is 1.88. The van der Waals surface area contributed by atoms with Gasteiger partial charge in [-0.25, -0.2) is 0 Å². The van der Waals surface area contributed by atoms with Crippen LogP contribution < -0.4 is 16.3 Å². The molecule has 3 atom stereocenters. The summed E-state index contributed by atoms with van der Waals surface area (Å²) >= 11 is 0. The molecule has 2 N–H and O–H groups in total. The van der Waals surface area contributed by atoms with Crippen molar-refractivity contribution in [1.29, 1.82) is 0 Å². The monoisotopic (exact) mass is 1010 g/mol. The highest BCUT2D eigenvalue weighted by Gasteiger charge is 2.40. The minimum atomic E-state index is -0.175. The first-order valence-electron chi connectivity index (χ1n) is 29.1. The van der Waals surface area contributed by atoms with Gasteiger partial charge in [0.15, 0.2) is 0 Å². The zero-order chi connectivity index (χ0) is 55.4. The number of rotatable bonds is 25. The van der Waals surface area contributed by atoms with E-state index in [1.807, 2.05) is 0 Å². The molecule has 4 heteroatoms. The van der Waals surface area contributed by atoms with Gasteiger partial charge < -0.3 is 15.1 Å². The third-order valence-electron chi connectivity index (χ3n) is 17.7. The molecule has 0 fully saturated rings. The van der Waals surface area contributed by atoms with Gasteiger partial charge in [-0.2, -0.15) is 0 Å². The summed E-state index contributed by atoms with van der Waals surface area (Å²) in [5, 5.41) is 9.30. The summed E-state index contributed by atoms with van der Waals surface area (Å²) in [6, 6.07) is 18.0. The molecule has 5 rings (SSSR count). The predicted molar refractivity (Wildman–Crippen MR) is 334 cm³/mol. The van der Waals surface area contributed by atoms with E-state index in [0.29, 0.717) is 36.8 Å². The maximum atomic E-state index is 7.41. The largest absolute Gasteiger partial charge is 0.470 e. The van der Waals surface area contributed by atoms with Crippen LogP contribution in [0.4, 0.5) is 0 Å². The Labute approximate surface area is 459 Å². The molecule has 3 unspecified atom stereocenters. The Kier molecular flexibility index (Phi) is 21.6. The molecule has 1 aromatic heterocycles. The van der Waals surface area contributed by atoms with E-state index in [9.17, 15) is 0 Å². The van der Waals surface area contributed by atoms with Crippen molar-refractivity contribution in [3.63, 3.8) is 0 Å². The average Bonchev–Trinajstić information content (AvgIpc) is 3.81. The van der Waals surface area contributed by atoms with Crippen molar-refractivity contribution in [2.24, 2.45) is 29.1 Å².